The lowest BCUT2D eigenvalue weighted by molar-refractivity contribution is 0.0811. The second-order valence-electron chi connectivity index (χ2n) is 3.01. The summed E-state index contributed by atoms with van der Waals surface area (Å²) in [6.07, 6.45) is -0.632. The molecule has 0 radical (unpaired) electrons. The van der Waals surface area contributed by atoms with Crippen molar-refractivity contribution in [1.29, 1.82) is 0 Å². The number of piperidine rings is 1. The van der Waals surface area contributed by atoms with E-state index >= 15 is 0 Å². The molecule has 0 aromatic carbocycles. The SMILES string of the molecule is O=C(O)NC[C@H]1CCNC[C@H]1O. The molecular formula is C7H14N2O3. The minimum atomic E-state index is -1.03. The molecule has 0 unspecified atom stereocenters. The van der Waals surface area contributed by atoms with Gasteiger partial charge in [0.15, 0.2) is 0 Å². The van der Waals surface area contributed by atoms with E-state index in [1.807, 2.05) is 0 Å². The van der Waals surface area contributed by atoms with Crippen LogP contribution in [0.15, 0.2) is 0 Å². The number of hydrogen-bond acceptors (Lipinski definition) is 3. The topological polar surface area (TPSA) is 81.6 Å². The van der Waals surface area contributed by atoms with Gasteiger partial charge in [0.1, 0.15) is 0 Å². The average Bonchev–Trinajstić information content (AvgIpc) is 2.03. The molecular weight excluding hydrogens is 160 g/mol. The zero-order chi connectivity index (χ0) is 8.97. The highest BCUT2D eigenvalue weighted by atomic mass is 16.4. The van der Waals surface area contributed by atoms with Gasteiger partial charge in [-0.1, -0.05) is 0 Å². The first-order chi connectivity index (χ1) is 5.70. The van der Waals surface area contributed by atoms with Gasteiger partial charge in [-0.05, 0) is 13.0 Å². The first-order valence-electron chi connectivity index (χ1n) is 4.05. The summed E-state index contributed by atoms with van der Waals surface area (Å²) < 4.78 is 0. The van der Waals surface area contributed by atoms with Crippen molar-refractivity contribution in [3.05, 3.63) is 0 Å². The lowest BCUT2D eigenvalue weighted by Crippen LogP contribution is -2.45. The van der Waals surface area contributed by atoms with Gasteiger partial charge < -0.3 is 20.8 Å². The van der Waals surface area contributed by atoms with Crippen LogP contribution in [0.1, 0.15) is 6.42 Å². The van der Waals surface area contributed by atoms with E-state index in [1.54, 1.807) is 0 Å². The Balaban J connectivity index is 2.24. The Kier molecular flexibility index (Phi) is 3.31. The Hall–Kier alpha value is -0.810. The summed E-state index contributed by atoms with van der Waals surface area (Å²) >= 11 is 0. The standard InChI is InChI=1S/C7H14N2O3/c10-6-4-8-2-1-5(6)3-9-7(11)12/h5-6,8-10H,1-4H2,(H,11,12)/t5-,6-/m1/s1. The average molecular weight is 174 g/mol. The number of aliphatic hydroxyl groups excluding tert-OH is 1. The van der Waals surface area contributed by atoms with Crippen molar-refractivity contribution < 1.29 is 15.0 Å². The molecule has 0 saturated carbocycles. The van der Waals surface area contributed by atoms with Gasteiger partial charge in [-0.2, -0.15) is 0 Å². The molecule has 0 aromatic heterocycles. The summed E-state index contributed by atoms with van der Waals surface area (Å²) in [4.78, 5) is 10.1. The minimum Gasteiger partial charge on any atom is -0.465 e. The second kappa shape index (κ2) is 4.27. The fraction of sp³-hybridized carbons (Fsp3) is 0.857. The van der Waals surface area contributed by atoms with E-state index in [9.17, 15) is 9.90 Å². The fourth-order valence-electron chi connectivity index (χ4n) is 1.35. The molecule has 1 fully saturated rings. The number of β-amino-alcohol motifs (C(OH)–C–C–N with tert-alkyl or cyclic N) is 1. The molecule has 0 aromatic rings. The highest BCUT2D eigenvalue weighted by Gasteiger charge is 2.22. The van der Waals surface area contributed by atoms with Crippen LogP contribution in [0.4, 0.5) is 4.79 Å². The van der Waals surface area contributed by atoms with Gasteiger partial charge in [0, 0.05) is 19.0 Å². The summed E-state index contributed by atoms with van der Waals surface area (Å²) in [5.41, 5.74) is 0. The number of amides is 1. The van der Waals surface area contributed by atoms with Crippen molar-refractivity contribution in [2.24, 2.45) is 5.92 Å². The summed E-state index contributed by atoms with van der Waals surface area (Å²) in [6.45, 7) is 1.76. The van der Waals surface area contributed by atoms with E-state index in [0.717, 1.165) is 13.0 Å². The number of nitrogens with one attached hydrogen (secondary N) is 2. The molecule has 1 rings (SSSR count). The van der Waals surface area contributed by atoms with Gasteiger partial charge in [-0.25, -0.2) is 4.79 Å². The third kappa shape index (κ3) is 2.67. The predicted molar refractivity (Wildman–Crippen MR) is 43.0 cm³/mol. The summed E-state index contributed by atoms with van der Waals surface area (Å²) in [7, 11) is 0. The zero-order valence-corrected chi connectivity index (χ0v) is 6.79. The van der Waals surface area contributed by atoms with Gasteiger partial charge >= 0.3 is 6.09 Å². The molecule has 2 atom stereocenters. The van der Waals surface area contributed by atoms with Crippen molar-refractivity contribution >= 4 is 6.09 Å². The maximum Gasteiger partial charge on any atom is 0.404 e. The lowest BCUT2D eigenvalue weighted by Gasteiger charge is -2.27. The van der Waals surface area contributed by atoms with Gasteiger partial charge in [0.2, 0.25) is 0 Å². The molecule has 0 aliphatic carbocycles. The molecule has 1 heterocycles. The third-order valence-electron chi connectivity index (χ3n) is 2.11. The van der Waals surface area contributed by atoms with Crippen LogP contribution in [-0.2, 0) is 0 Å². The Labute approximate surface area is 70.8 Å². The van der Waals surface area contributed by atoms with Crippen LogP contribution in [0.2, 0.25) is 0 Å². The van der Waals surface area contributed by atoms with Crippen LogP contribution in [0.3, 0.4) is 0 Å². The minimum absolute atomic E-state index is 0.0577. The molecule has 70 valence electrons. The van der Waals surface area contributed by atoms with Crippen molar-refractivity contribution in [1.82, 2.24) is 10.6 Å². The summed E-state index contributed by atoms with van der Waals surface area (Å²) in [5, 5.41) is 23.0. The van der Waals surface area contributed by atoms with Crippen LogP contribution >= 0.6 is 0 Å². The number of carboxylic acid groups (broad SMARTS) is 1. The Bertz CT molecular complexity index is 163. The number of aliphatic hydroxyl groups is 1. The van der Waals surface area contributed by atoms with Gasteiger partial charge in [-0.15, -0.1) is 0 Å². The van der Waals surface area contributed by atoms with Crippen LogP contribution in [0, 0.1) is 5.92 Å². The molecule has 5 heteroatoms. The Morgan fingerprint density at radius 3 is 3.00 bits per heavy atom. The fourth-order valence-corrected chi connectivity index (χ4v) is 1.35. The van der Waals surface area contributed by atoms with Gasteiger partial charge in [0.25, 0.3) is 0 Å². The van der Waals surface area contributed by atoms with E-state index < -0.39 is 12.2 Å². The molecule has 0 bridgehead atoms. The maximum absolute atomic E-state index is 10.1. The van der Waals surface area contributed by atoms with Gasteiger partial charge in [-0.3, -0.25) is 0 Å². The normalized spacial score (nSPS) is 29.8. The van der Waals surface area contributed by atoms with Crippen molar-refractivity contribution in [3.63, 3.8) is 0 Å². The smallest absolute Gasteiger partial charge is 0.404 e. The summed E-state index contributed by atoms with van der Waals surface area (Å²) in [6, 6.07) is 0. The van der Waals surface area contributed by atoms with Crippen molar-refractivity contribution in [3.8, 4) is 0 Å². The molecule has 1 aliphatic heterocycles. The van der Waals surface area contributed by atoms with E-state index in [1.165, 1.54) is 0 Å². The number of rotatable bonds is 2. The van der Waals surface area contributed by atoms with Crippen molar-refractivity contribution in [2.45, 2.75) is 12.5 Å². The monoisotopic (exact) mass is 174 g/mol. The zero-order valence-electron chi connectivity index (χ0n) is 6.79. The van der Waals surface area contributed by atoms with E-state index in [0.29, 0.717) is 13.1 Å². The van der Waals surface area contributed by atoms with Crippen LogP contribution in [0.25, 0.3) is 0 Å². The van der Waals surface area contributed by atoms with Crippen LogP contribution in [-0.4, -0.2) is 42.0 Å². The largest absolute Gasteiger partial charge is 0.465 e. The van der Waals surface area contributed by atoms with E-state index in [-0.39, 0.29) is 5.92 Å². The lowest BCUT2D eigenvalue weighted by atomic mass is 9.95. The summed E-state index contributed by atoms with van der Waals surface area (Å²) in [5.74, 6) is 0.0577. The highest BCUT2D eigenvalue weighted by molar-refractivity contribution is 5.64. The molecule has 12 heavy (non-hydrogen) atoms. The van der Waals surface area contributed by atoms with Crippen LogP contribution < -0.4 is 10.6 Å². The molecule has 1 saturated heterocycles. The first kappa shape index (κ1) is 9.28. The number of carbonyl (C=O) groups is 1. The Morgan fingerprint density at radius 2 is 2.42 bits per heavy atom. The Morgan fingerprint density at radius 1 is 1.67 bits per heavy atom. The second-order valence-corrected chi connectivity index (χ2v) is 3.01. The molecule has 5 nitrogen and oxygen atoms in total. The molecule has 1 aliphatic rings. The van der Waals surface area contributed by atoms with E-state index in [4.69, 9.17) is 5.11 Å². The highest BCUT2D eigenvalue weighted by Crippen LogP contribution is 2.10. The quantitative estimate of drug-likeness (QED) is 0.443. The molecule has 4 N–H and O–H groups in total. The molecule has 0 spiro atoms. The van der Waals surface area contributed by atoms with E-state index in [2.05, 4.69) is 10.6 Å². The third-order valence-corrected chi connectivity index (χ3v) is 2.11. The molecule has 1 amide bonds. The number of hydrogen-bond donors (Lipinski definition) is 4. The van der Waals surface area contributed by atoms with Crippen molar-refractivity contribution in [2.75, 3.05) is 19.6 Å². The first-order valence-corrected chi connectivity index (χ1v) is 4.05. The predicted octanol–water partition coefficient (Wildman–Crippen LogP) is -0.776. The van der Waals surface area contributed by atoms with Gasteiger partial charge in [0.05, 0.1) is 6.10 Å². The maximum atomic E-state index is 10.1. The van der Waals surface area contributed by atoms with Crippen LogP contribution in [0.5, 0.6) is 0 Å².